The molecular formula is C21H15N5. The lowest BCUT2D eigenvalue weighted by atomic mass is 10.1. The second kappa shape index (κ2) is 5.97. The van der Waals surface area contributed by atoms with E-state index in [4.69, 9.17) is 0 Å². The molecule has 5 aromatic rings. The van der Waals surface area contributed by atoms with Crippen molar-refractivity contribution >= 4 is 10.9 Å². The number of fused-ring (bicyclic) bond motifs is 1. The van der Waals surface area contributed by atoms with E-state index in [0.717, 1.165) is 33.4 Å². The van der Waals surface area contributed by atoms with E-state index in [9.17, 15) is 0 Å². The first-order valence-electron chi connectivity index (χ1n) is 8.42. The number of nitrogens with zero attached hydrogens (tertiary/aromatic N) is 4. The van der Waals surface area contributed by atoms with Gasteiger partial charge < -0.3 is 4.98 Å². The predicted molar refractivity (Wildman–Crippen MR) is 102 cm³/mol. The van der Waals surface area contributed by atoms with Crippen LogP contribution in [0.5, 0.6) is 0 Å². The summed E-state index contributed by atoms with van der Waals surface area (Å²) in [6, 6.07) is 28.4. The topological polar surface area (TPSA) is 59.4 Å². The Labute approximate surface area is 149 Å². The molecule has 0 saturated heterocycles. The van der Waals surface area contributed by atoms with E-state index in [1.807, 2.05) is 65.3 Å². The molecule has 0 aliphatic rings. The summed E-state index contributed by atoms with van der Waals surface area (Å²) in [4.78, 5) is 3.53. The number of para-hydroxylation sites is 1. The highest BCUT2D eigenvalue weighted by molar-refractivity contribution is 5.97. The predicted octanol–water partition coefficient (Wildman–Crippen LogP) is 4.48. The number of nitrogens with one attached hydrogen (secondary N) is 1. The fourth-order valence-corrected chi connectivity index (χ4v) is 3.27. The normalized spacial score (nSPS) is 11.1. The second-order valence-electron chi connectivity index (χ2n) is 6.04. The van der Waals surface area contributed by atoms with Crippen LogP contribution in [0.2, 0.25) is 0 Å². The highest BCUT2D eigenvalue weighted by atomic mass is 15.5. The van der Waals surface area contributed by atoms with Gasteiger partial charge in [-0.05, 0) is 16.5 Å². The number of aromatic nitrogens is 5. The number of H-pyrrole nitrogens is 1. The van der Waals surface area contributed by atoms with Crippen molar-refractivity contribution < 1.29 is 0 Å². The highest BCUT2D eigenvalue weighted by Gasteiger charge is 2.19. The summed E-state index contributed by atoms with van der Waals surface area (Å²) in [6.45, 7) is 0. The van der Waals surface area contributed by atoms with Crippen molar-refractivity contribution in [1.82, 2.24) is 25.2 Å². The van der Waals surface area contributed by atoms with Crippen LogP contribution in [0.15, 0.2) is 84.9 Å². The van der Waals surface area contributed by atoms with Crippen molar-refractivity contribution in [2.24, 2.45) is 0 Å². The smallest absolute Gasteiger partial charge is 0.187 e. The monoisotopic (exact) mass is 337 g/mol. The molecule has 1 N–H and O–H groups in total. The molecule has 0 aliphatic carbocycles. The number of rotatable bonds is 3. The zero-order valence-electron chi connectivity index (χ0n) is 13.9. The first kappa shape index (κ1) is 14.6. The fourth-order valence-electron chi connectivity index (χ4n) is 3.27. The highest BCUT2D eigenvalue weighted by Crippen LogP contribution is 2.34. The van der Waals surface area contributed by atoms with Crippen molar-refractivity contribution in [3.05, 3.63) is 84.9 Å². The maximum atomic E-state index is 4.31. The number of benzene rings is 3. The van der Waals surface area contributed by atoms with E-state index in [1.165, 1.54) is 0 Å². The molecular weight excluding hydrogens is 322 g/mol. The van der Waals surface area contributed by atoms with Gasteiger partial charge in [0, 0.05) is 22.0 Å². The van der Waals surface area contributed by atoms with Crippen molar-refractivity contribution in [3.8, 4) is 28.3 Å². The Morgan fingerprint density at radius 3 is 2.12 bits per heavy atom. The SMILES string of the molecule is c1ccc(-c2[nH]c3ccccc3c2-n2nnnc2-c2ccccc2)cc1. The minimum atomic E-state index is 0.715. The molecule has 0 aliphatic heterocycles. The summed E-state index contributed by atoms with van der Waals surface area (Å²) >= 11 is 0. The van der Waals surface area contributed by atoms with Crippen molar-refractivity contribution in [1.29, 1.82) is 0 Å². The van der Waals surface area contributed by atoms with Gasteiger partial charge in [0.05, 0.1) is 5.69 Å². The van der Waals surface area contributed by atoms with Crippen molar-refractivity contribution in [2.75, 3.05) is 0 Å². The minimum Gasteiger partial charge on any atom is -0.353 e. The van der Waals surface area contributed by atoms with Crippen LogP contribution in [-0.4, -0.2) is 25.2 Å². The second-order valence-corrected chi connectivity index (χ2v) is 6.04. The molecule has 26 heavy (non-hydrogen) atoms. The third kappa shape index (κ3) is 2.29. The van der Waals surface area contributed by atoms with Crippen LogP contribution in [0.3, 0.4) is 0 Å². The van der Waals surface area contributed by atoms with E-state index in [-0.39, 0.29) is 0 Å². The number of tetrazole rings is 1. The Bertz CT molecular complexity index is 1170. The van der Waals surface area contributed by atoms with Crippen LogP contribution in [0.4, 0.5) is 0 Å². The Morgan fingerprint density at radius 1 is 0.692 bits per heavy atom. The minimum absolute atomic E-state index is 0.715. The van der Waals surface area contributed by atoms with Gasteiger partial charge in [0.15, 0.2) is 5.82 Å². The van der Waals surface area contributed by atoms with Crippen molar-refractivity contribution in [3.63, 3.8) is 0 Å². The van der Waals surface area contributed by atoms with E-state index < -0.39 is 0 Å². The molecule has 0 fully saturated rings. The zero-order chi connectivity index (χ0) is 17.3. The largest absolute Gasteiger partial charge is 0.353 e. The Kier molecular flexibility index (Phi) is 3.35. The van der Waals surface area contributed by atoms with E-state index in [1.54, 1.807) is 0 Å². The summed E-state index contributed by atoms with van der Waals surface area (Å²) < 4.78 is 1.82. The Hall–Kier alpha value is -3.73. The molecule has 0 saturated carbocycles. The van der Waals surface area contributed by atoms with Gasteiger partial charge in [-0.3, -0.25) is 0 Å². The van der Waals surface area contributed by atoms with Gasteiger partial charge in [0.25, 0.3) is 0 Å². The molecule has 5 rings (SSSR count). The van der Waals surface area contributed by atoms with Gasteiger partial charge >= 0.3 is 0 Å². The molecule has 2 heterocycles. The van der Waals surface area contributed by atoms with E-state index in [2.05, 4.69) is 44.8 Å². The van der Waals surface area contributed by atoms with Crippen LogP contribution in [-0.2, 0) is 0 Å². The molecule has 3 aromatic carbocycles. The fraction of sp³-hybridized carbons (Fsp3) is 0. The first-order valence-corrected chi connectivity index (χ1v) is 8.42. The molecule has 0 atom stereocenters. The van der Waals surface area contributed by atoms with Gasteiger partial charge in [0.2, 0.25) is 0 Å². The molecule has 0 bridgehead atoms. The molecule has 0 amide bonds. The van der Waals surface area contributed by atoms with Crippen molar-refractivity contribution in [2.45, 2.75) is 0 Å². The molecule has 0 spiro atoms. The van der Waals surface area contributed by atoms with Crippen LogP contribution in [0.25, 0.3) is 39.2 Å². The third-order valence-electron chi connectivity index (χ3n) is 4.45. The van der Waals surface area contributed by atoms with E-state index in [0.29, 0.717) is 5.82 Å². The summed E-state index contributed by atoms with van der Waals surface area (Å²) in [6.07, 6.45) is 0. The van der Waals surface area contributed by atoms with Crippen LogP contribution in [0.1, 0.15) is 0 Å². The number of hydrogen-bond acceptors (Lipinski definition) is 3. The summed E-state index contributed by atoms with van der Waals surface area (Å²) in [7, 11) is 0. The zero-order valence-corrected chi connectivity index (χ0v) is 13.9. The van der Waals surface area contributed by atoms with Gasteiger partial charge in [0.1, 0.15) is 5.69 Å². The summed E-state index contributed by atoms with van der Waals surface area (Å²) in [5.74, 6) is 0.715. The average molecular weight is 337 g/mol. The molecule has 124 valence electrons. The maximum Gasteiger partial charge on any atom is 0.187 e. The maximum absolute atomic E-state index is 4.31. The van der Waals surface area contributed by atoms with Crippen LogP contribution in [0, 0.1) is 0 Å². The molecule has 0 unspecified atom stereocenters. The summed E-state index contributed by atoms with van der Waals surface area (Å²) in [5, 5.41) is 13.6. The lowest BCUT2D eigenvalue weighted by molar-refractivity contribution is 0.796. The molecule has 5 heteroatoms. The standard InChI is InChI=1S/C21H15N5/c1-3-9-15(10-4-1)19-20(17-13-7-8-14-18(17)22-19)26-21(23-24-25-26)16-11-5-2-6-12-16/h1-14,22H. The molecule has 5 nitrogen and oxygen atoms in total. The summed E-state index contributed by atoms with van der Waals surface area (Å²) in [5.41, 5.74) is 5.07. The number of hydrogen-bond donors (Lipinski definition) is 1. The number of aromatic amines is 1. The van der Waals surface area contributed by atoms with Gasteiger partial charge in [-0.1, -0.05) is 78.9 Å². The van der Waals surface area contributed by atoms with Gasteiger partial charge in [-0.2, -0.15) is 4.68 Å². The van der Waals surface area contributed by atoms with Crippen LogP contribution < -0.4 is 0 Å². The average Bonchev–Trinajstić information content (AvgIpc) is 3.33. The lowest BCUT2D eigenvalue weighted by Crippen LogP contribution is -2.01. The van der Waals surface area contributed by atoms with Gasteiger partial charge in [-0.15, -0.1) is 5.10 Å². The Morgan fingerprint density at radius 2 is 1.35 bits per heavy atom. The van der Waals surface area contributed by atoms with E-state index >= 15 is 0 Å². The molecule has 2 aromatic heterocycles. The first-order chi connectivity index (χ1) is 12.9. The Balaban J connectivity index is 1.82. The third-order valence-corrected chi connectivity index (χ3v) is 4.45. The quantitative estimate of drug-likeness (QED) is 0.528. The lowest BCUT2D eigenvalue weighted by Gasteiger charge is -2.07. The molecule has 0 radical (unpaired) electrons. The van der Waals surface area contributed by atoms with Crippen LogP contribution >= 0.6 is 0 Å². The van der Waals surface area contributed by atoms with Gasteiger partial charge in [-0.25, -0.2) is 0 Å².